The molecule has 3 nitrogen and oxygen atoms in total. The van der Waals surface area contributed by atoms with Crippen molar-refractivity contribution < 1.29 is 0 Å². The SMILES string of the molecule is Cc1ccccc1-n1nc(C2CC2)cc1N. The van der Waals surface area contributed by atoms with E-state index in [-0.39, 0.29) is 0 Å². The highest BCUT2D eigenvalue weighted by molar-refractivity contribution is 5.47. The molecule has 3 heteroatoms. The summed E-state index contributed by atoms with van der Waals surface area (Å²) in [6.45, 7) is 2.08. The minimum Gasteiger partial charge on any atom is -0.384 e. The monoisotopic (exact) mass is 213 g/mol. The van der Waals surface area contributed by atoms with Gasteiger partial charge in [-0.1, -0.05) is 18.2 Å². The Balaban J connectivity index is 2.08. The first-order chi connectivity index (χ1) is 7.75. The van der Waals surface area contributed by atoms with Crippen molar-refractivity contribution in [1.82, 2.24) is 9.78 Å². The van der Waals surface area contributed by atoms with Crippen LogP contribution in [0.25, 0.3) is 5.69 Å². The highest BCUT2D eigenvalue weighted by Crippen LogP contribution is 2.40. The molecule has 1 saturated carbocycles. The molecule has 1 aromatic carbocycles. The standard InChI is InChI=1S/C13H15N3/c1-9-4-2-3-5-12(9)16-13(14)8-11(15-16)10-6-7-10/h2-5,8,10H,6-7,14H2,1H3. The van der Waals surface area contributed by atoms with Crippen LogP contribution in [0, 0.1) is 6.92 Å². The smallest absolute Gasteiger partial charge is 0.127 e. The highest BCUT2D eigenvalue weighted by atomic mass is 15.3. The van der Waals surface area contributed by atoms with E-state index in [1.165, 1.54) is 18.4 Å². The Hall–Kier alpha value is -1.77. The molecule has 0 saturated heterocycles. The van der Waals surface area contributed by atoms with E-state index in [0.717, 1.165) is 17.2 Å². The fraction of sp³-hybridized carbons (Fsp3) is 0.308. The van der Waals surface area contributed by atoms with Gasteiger partial charge in [-0.2, -0.15) is 5.10 Å². The first kappa shape index (κ1) is 9.46. The molecule has 0 spiro atoms. The highest BCUT2D eigenvalue weighted by Gasteiger charge is 2.27. The molecule has 3 rings (SSSR count). The summed E-state index contributed by atoms with van der Waals surface area (Å²) in [5.41, 5.74) is 9.42. The maximum atomic E-state index is 6.01. The number of para-hydroxylation sites is 1. The van der Waals surface area contributed by atoms with E-state index in [2.05, 4.69) is 24.2 Å². The van der Waals surface area contributed by atoms with E-state index in [1.807, 2.05) is 22.9 Å². The topological polar surface area (TPSA) is 43.8 Å². The van der Waals surface area contributed by atoms with Gasteiger partial charge in [0.1, 0.15) is 5.82 Å². The van der Waals surface area contributed by atoms with Crippen LogP contribution in [-0.2, 0) is 0 Å². The van der Waals surface area contributed by atoms with Gasteiger partial charge in [-0.05, 0) is 31.4 Å². The van der Waals surface area contributed by atoms with Crippen LogP contribution in [0.4, 0.5) is 5.82 Å². The summed E-state index contributed by atoms with van der Waals surface area (Å²) in [5, 5.41) is 4.59. The van der Waals surface area contributed by atoms with Crippen LogP contribution in [0.2, 0.25) is 0 Å². The van der Waals surface area contributed by atoms with E-state index < -0.39 is 0 Å². The average molecular weight is 213 g/mol. The van der Waals surface area contributed by atoms with E-state index in [9.17, 15) is 0 Å². The molecule has 2 aromatic rings. The zero-order chi connectivity index (χ0) is 11.1. The molecule has 0 atom stereocenters. The maximum absolute atomic E-state index is 6.01. The zero-order valence-electron chi connectivity index (χ0n) is 9.35. The number of benzene rings is 1. The molecule has 0 radical (unpaired) electrons. The second kappa shape index (κ2) is 3.37. The van der Waals surface area contributed by atoms with Crippen LogP contribution in [-0.4, -0.2) is 9.78 Å². The average Bonchev–Trinajstić information content (AvgIpc) is 3.04. The third-order valence-corrected chi connectivity index (χ3v) is 3.10. The third kappa shape index (κ3) is 1.48. The molecule has 0 bridgehead atoms. The Morgan fingerprint density at radius 2 is 2.06 bits per heavy atom. The normalized spacial score (nSPS) is 15.3. The van der Waals surface area contributed by atoms with Crippen LogP contribution in [0.5, 0.6) is 0 Å². The predicted molar refractivity (Wildman–Crippen MR) is 64.7 cm³/mol. The summed E-state index contributed by atoms with van der Waals surface area (Å²) in [5.74, 6) is 1.38. The van der Waals surface area contributed by atoms with Gasteiger partial charge >= 0.3 is 0 Å². The zero-order valence-corrected chi connectivity index (χ0v) is 9.35. The summed E-state index contributed by atoms with van der Waals surface area (Å²) < 4.78 is 1.85. The van der Waals surface area contributed by atoms with E-state index >= 15 is 0 Å². The fourth-order valence-corrected chi connectivity index (χ4v) is 1.99. The van der Waals surface area contributed by atoms with Crippen molar-refractivity contribution in [3.8, 4) is 5.69 Å². The fourth-order valence-electron chi connectivity index (χ4n) is 1.99. The van der Waals surface area contributed by atoms with Crippen LogP contribution >= 0.6 is 0 Å². The van der Waals surface area contributed by atoms with Gasteiger partial charge < -0.3 is 5.73 Å². The first-order valence-electron chi connectivity index (χ1n) is 5.67. The maximum Gasteiger partial charge on any atom is 0.127 e. The minimum absolute atomic E-state index is 0.646. The Bertz CT molecular complexity index is 524. The molecule has 0 unspecified atom stereocenters. The van der Waals surface area contributed by atoms with Crippen molar-refractivity contribution in [3.05, 3.63) is 41.6 Å². The quantitative estimate of drug-likeness (QED) is 0.833. The Morgan fingerprint density at radius 1 is 1.31 bits per heavy atom. The first-order valence-corrected chi connectivity index (χ1v) is 5.67. The number of anilines is 1. The van der Waals surface area contributed by atoms with Crippen molar-refractivity contribution >= 4 is 5.82 Å². The number of rotatable bonds is 2. The Kier molecular flexibility index (Phi) is 1.99. The van der Waals surface area contributed by atoms with Crippen molar-refractivity contribution in [2.75, 3.05) is 5.73 Å². The van der Waals surface area contributed by atoms with Gasteiger partial charge in [-0.15, -0.1) is 0 Å². The minimum atomic E-state index is 0.646. The lowest BCUT2D eigenvalue weighted by Gasteiger charge is -2.06. The lowest BCUT2D eigenvalue weighted by molar-refractivity contribution is 0.839. The van der Waals surface area contributed by atoms with Gasteiger partial charge in [-0.3, -0.25) is 0 Å². The lowest BCUT2D eigenvalue weighted by Crippen LogP contribution is -2.03. The van der Waals surface area contributed by atoms with Gasteiger partial charge in [-0.25, -0.2) is 4.68 Å². The number of nitrogens with two attached hydrogens (primary N) is 1. The molecule has 82 valence electrons. The van der Waals surface area contributed by atoms with Crippen LogP contribution in [0.15, 0.2) is 30.3 Å². The predicted octanol–water partition coefficient (Wildman–Crippen LogP) is 2.64. The molecule has 1 aliphatic carbocycles. The molecule has 0 aliphatic heterocycles. The van der Waals surface area contributed by atoms with Crippen LogP contribution in [0.3, 0.4) is 0 Å². The van der Waals surface area contributed by atoms with Crippen LogP contribution < -0.4 is 5.73 Å². The van der Waals surface area contributed by atoms with E-state index in [4.69, 9.17) is 5.73 Å². The van der Waals surface area contributed by atoms with Gasteiger partial charge in [0.2, 0.25) is 0 Å². The van der Waals surface area contributed by atoms with E-state index in [0.29, 0.717) is 5.92 Å². The lowest BCUT2D eigenvalue weighted by atomic mass is 10.2. The third-order valence-electron chi connectivity index (χ3n) is 3.10. The molecule has 1 aliphatic rings. The number of aromatic nitrogens is 2. The molecule has 0 amide bonds. The van der Waals surface area contributed by atoms with Gasteiger partial charge in [0.15, 0.2) is 0 Å². The molecule has 1 heterocycles. The van der Waals surface area contributed by atoms with E-state index in [1.54, 1.807) is 0 Å². The second-order valence-electron chi connectivity index (χ2n) is 4.47. The van der Waals surface area contributed by atoms with Crippen LogP contribution in [0.1, 0.15) is 30.0 Å². The number of hydrogen-bond donors (Lipinski definition) is 1. The van der Waals surface area contributed by atoms with Crippen molar-refractivity contribution in [2.45, 2.75) is 25.7 Å². The Labute approximate surface area is 94.9 Å². The summed E-state index contributed by atoms with van der Waals surface area (Å²) in [4.78, 5) is 0. The van der Waals surface area contributed by atoms with Crippen molar-refractivity contribution in [2.24, 2.45) is 0 Å². The number of hydrogen-bond acceptors (Lipinski definition) is 2. The number of nitrogen functional groups attached to an aromatic ring is 1. The number of nitrogens with zero attached hydrogens (tertiary/aromatic N) is 2. The van der Waals surface area contributed by atoms with Gasteiger partial charge in [0.25, 0.3) is 0 Å². The second-order valence-corrected chi connectivity index (χ2v) is 4.47. The summed E-state index contributed by atoms with van der Waals surface area (Å²) in [7, 11) is 0. The van der Waals surface area contributed by atoms with Crippen molar-refractivity contribution in [3.63, 3.8) is 0 Å². The Morgan fingerprint density at radius 3 is 2.75 bits per heavy atom. The summed E-state index contributed by atoms with van der Waals surface area (Å²) in [6.07, 6.45) is 2.51. The molecular weight excluding hydrogens is 198 g/mol. The van der Waals surface area contributed by atoms with Gasteiger partial charge in [0, 0.05) is 12.0 Å². The number of aryl methyl sites for hydroxylation is 1. The molecular formula is C13H15N3. The van der Waals surface area contributed by atoms with Crippen molar-refractivity contribution in [1.29, 1.82) is 0 Å². The van der Waals surface area contributed by atoms with Gasteiger partial charge in [0.05, 0.1) is 11.4 Å². The molecule has 16 heavy (non-hydrogen) atoms. The largest absolute Gasteiger partial charge is 0.384 e. The summed E-state index contributed by atoms with van der Waals surface area (Å²) in [6, 6.07) is 10.2. The molecule has 2 N–H and O–H groups in total. The summed E-state index contributed by atoms with van der Waals surface area (Å²) >= 11 is 0. The molecule has 1 fully saturated rings. The molecule has 1 aromatic heterocycles.